The number of rotatable bonds is 4. The van der Waals surface area contributed by atoms with Crippen LogP contribution in [0.2, 0.25) is 0 Å². The molecule has 116 valence electrons. The molecular weight excluding hydrogens is 262 g/mol. The summed E-state index contributed by atoms with van der Waals surface area (Å²) in [6, 6.07) is -0.769. The minimum Gasteiger partial charge on any atom is -0.395 e. The fourth-order valence-corrected chi connectivity index (χ4v) is 3.02. The fraction of sp³-hybridized carbons (Fsp3) is 0.923. The zero-order chi connectivity index (χ0) is 14.7. The van der Waals surface area contributed by atoms with Crippen LogP contribution in [0.3, 0.4) is 0 Å². The van der Waals surface area contributed by atoms with Gasteiger partial charge >= 0.3 is 0 Å². The fourth-order valence-electron chi connectivity index (χ4n) is 3.02. The molecular formula is C13H25N3O4. The van der Waals surface area contributed by atoms with E-state index in [0.29, 0.717) is 0 Å². The van der Waals surface area contributed by atoms with Crippen LogP contribution in [-0.2, 0) is 4.79 Å². The maximum Gasteiger partial charge on any atom is 0.223 e. The molecule has 1 amide bonds. The van der Waals surface area contributed by atoms with Crippen molar-refractivity contribution < 1.29 is 20.1 Å². The van der Waals surface area contributed by atoms with Gasteiger partial charge in [0.05, 0.1) is 30.9 Å². The Hall–Kier alpha value is -0.730. The van der Waals surface area contributed by atoms with Gasteiger partial charge in [0.2, 0.25) is 5.91 Å². The predicted octanol–water partition coefficient (Wildman–Crippen LogP) is -2.33. The quantitative estimate of drug-likeness (QED) is 0.344. The summed E-state index contributed by atoms with van der Waals surface area (Å²) in [6.07, 6.45) is 1.36. The van der Waals surface area contributed by atoms with E-state index < -0.39 is 24.3 Å². The normalized spacial score (nSPS) is 41.6. The third-order valence-electron chi connectivity index (χ3n) is 4.44. The van der Waals surface area contributed by atoms with Crippen molar-refractivity contribution in [3.8, 4) is 0 Å². The maximum atomic E-state index is 12.0. The average molecular weight is 287 g/mol. The van der Waals surface area contributed by atoms with E-state index in [1.54, 1.807) is 0 Å². The lowest BCUT2D eigenvalue weighted by atomic mass is 9.86. The lowest BCUT2D eigenvalue weighted by Crippen LogP contribution is -2.46. The number of aliphatic hydroxyl groups excluding tert-OH is 3. The van der Waals surface area contributed by atoms with Crippen molar-refractivity contribution in [1.82, 2.24) is 10.6 Å². The van der Waals surface area contributed by atoms with Crippen molar-refractivity contribution in [2.24, 2.45) is 11.7 Å². The molecule has 1 heterocycles. The monoisotopic (exact) mass is 287 g/mol. The van der Waals surface area contributed by atoms with Crippen molar-refractivity contribution in [1.29, 1.82) is 0 Å². The molecule has 2 aliphatic rings. The summed E-state index contributed by atoms with van der Waals surface area (Å²) in [7, 11) is 0. The third-order valence-corrected chi connectivity index (χ3v) is 4.44. The van der Waals surface area contributed by atoms with Crippen LogP contribution in [-0.4, -0.2) is 64.7 Å². The summed E-state index contributed by atoms with van der Waals surface area (Å²) in [5.41, 5.74) is 5.81. The average Bonchev–Trinajstić information content (AvgIpc) is 2.73. The molecule has 1 saturated heterocycles. The van der Waals surface area contributed by atoms with Gasteiger partial charge in [-0.2, -0.15) is 0 Å². The summed E-state index contributed by atoms with van der Waals surface area (Å²) in [4.78, 5) is 12.0. The van der Waals surface area contributed by atoms with E-state index in [2.05, 4.69) is 10.6 Å². The molecule has 0 aromatic rings. The van der Waals surface area contributed by atoms with Crippen LogP contribution < -0.4 is 16.4 Å². The number of nitrogens with one attached hydrogen (secondary N) is 2. The minimum atomic E-state index is -1.01. The van der Waals surface area contributed by atoms with Crippen molar-refractivity contribution in [3.05, 3.63) is 0 Å². The molecule has 2 rings (SSSR count). The number of aliphatic hydroxyl groups is 3. The largest absolute Gasteiger partial charge is 0.395 e. The number of carbonyl (C=O) groups excluding carboxylic acids is 1. The van der Waals surface area contributed by atoms with E-state index in [4.69, 9.17) is 10.8 Å². The Morgan fingerprint density at radius 1 is 1.15 bits per heavy atom. The second kappa shape index (κ2) is 6.82. The van der Waals surface area contributed by atoms with Gasteiger partial charge in [0, 0.05) is 18.5 Å². The molecule has 1 aliphatic heterocycles. The van der Waals surface area contributed by atoms with Gasteiger partial charge in [-0.3, -0.25) is 4.79 Å². The first kappa shape index (κ1) is 15.7. The molecule has 7 heteroatoms. The lowest BCUT2D eigenvalue weighted by Gasteiger charge is -2.26. The molecule has 2 fully saturated rings. The second-order valence-corrected chi connectivity index (χ2v) is 5.90. The Morgan fingerprint density at radius 3 is 2.30 bits per heavy atom. The number of nitrogens with two attached hydrogens (primary N) is 1. The summed E-state index contributed by atoms with van der Waals surface area (Å²) >= 11 is 0. The van der Waals surface area contributed by atoms with Crippen molar-refractivity contribution in [2.45, 2.75) is 56.0 Å². The first-order valence-electron chi connectivity index (χ1n) is 7.29. The van der Waals surface area contributed by atoms with E-state index in [0.717, 1.165) is 25.7 Å². The Bertz CT molecular complexity index is 334. The lowest BCUT2D eigenvalue weighted by molar-refractivity contribution is -0.126. The first-order valence-corrected chi connectivity index (χ1v) is 7.29. The maximum absolute atomic E-state index is 12.0. The predicted molar refractivity (Wildman–Crippen MR) is 72.8 cm³/mol. The summed E-state index contributed by atoms with van der Waals surface area (Å²) in [6.45, 7) is -0.000694. The van der Waals surface area contributed by atoms with Crippen LogP contribution >= 0.6 is 0 Å². The van der Waals surface area contributed by atoms with Gasteiger partial charge in [-0.15, -0.1) is 0 Å². The minimum absolute atomic E-state index is 0.00749. The molecule has 7 N–H and O–H groups in total. The Labute approximate surface area is 118 Å². The van der Waals surface area contributed by atoms with Gasteiger partial charge in [0.1, 0.15) is 0 Å². The molecule has 1 saturated carbocycles. The van der Waals surface area contributed by atoms with Gasteiger partial charge in [-0.1, -0.05) is 0 Å². The van der Waals surface area contributed by atoms with Gasteiger partial charge in [-0.05, 0) is 25.7 Å². The highest BCUT2D eigenvalue weighted by molar-refractivity contribution is 5.78. The molecule has 0 aromatic carbocycles. The molecule has 0 bridgehead atoms. The number of hydrogen-bond acceptors (Lipinski definition) is 6. The third kappa shape index (κ3) is 3.48. The van der Waals surface area contributed by atoms with Crippen molar-refractivity contribution in [3.63, 3.8) is 0 Å². The zero-order valence-electron chi connectivity index (χ0n) is 11.5. The van der Waals surface area contributed by atoms with Crippen LogP contribution in [0, 0.1) is 5.92 Å². The van der Waals surface area contributed by atoms with E-state index in [-0.39, 0.29) is 31.0 Å². The molecule has 7 nitrogen and oxygen atoms in total. The van der Waals surface area contributed by atoms with Crippen LogP contribution in [0.5, 0.6) is 0 Å². The molecule has 0 unspecified atom stereocenters. The molecule has 4 atom stereocenters. The van der Waals surface area contributed by atoms with E-state index >= 15 is 0 Å². The van der Waals surface area contributed by atoms with E-state index in [1.165, 1.54) is 0 Å². The number of amides is 1. The SMILES string of the molecule is NC1CCC(C(=O)NC[C@H]2N[C@H](CO)[C@@H](O)[C@@H]2O)CC1. The number of hydrogen-bond donors (Lipinski definition) is 6. The Balaban J connectivity index is 1.76. The smallest absolute Gasteiger partial charge is 0.223 e. The standard InChI is InChI=1S/C13H25N3O4/c14-8-3-1-7(2-4-8)13(20)15-5-9-11(18)12(19)10(6-17)16-9/h7-12,16-19H,1-6,14H2,(H,15,20)/t7?,8?,9-,10-,11-,12-/m1/s1. The van der Waals surface area contributed by atoms with Crippen LogP contribution in [0.4, 0.5) is 0 Å². The van der Waals surface area contributed by atoms with Crippen molar-refractivity contribution in [2.75, 3.05) is 13.2 Å². The first-order chi connectivity index (χ1) is 9.52. The van der Waals surface area contributed by atoms with Gasteiger partial charge in [-0.25, -0.2) is 0 Å². The second-order valence-electron chi connectivity index (χ2n) is 5.90. The molecule has 0 radical (unpaired) electrons. The van der Waals surface area contributed by atoms with E-state index in [1.807, 2.05) is 0 Å². The van der Waals surface area contributed by atoms with Crippen molar-refractivity contribution >= 4 is 5.91 Å². The highest BCUT2D eigenvalue weighted by Gasteiger charge is 2.40. The summed E-state index contributed by atoms with van der Waals surface area (Å²) < 4.78 is 0. The number of carbonyl (C=O) groups is 1. The van der Waals surface area contributed by atoms with E-state index in [9.17, 15) is 15.0 Å². The highest BCUT2D eigenvalue weighted by atomic mass is 16.3. The molecule has 20 heavy (non-hydrogen) atoms. The van der Waals surface area contributed by atoms with Gasteiger partial charge in [0.15, 0.2) is 0 Å². The Kier molecular flexibility index (Phi) is 5.34. The highest BCUT2D eigenvalue weighted by Crippen LogP contribution is 2.23. The van der Waals surface area contributed by atoms with Crippen LogP contribution in [0.15, 0.2) is 0 Å². The summed E-state index contributed by atoms with van der Waals surface area (Å²) in [5.74, 6) is -0.0280. The molecule has 1 aliphatic carbocycles. The topological polar surface area (TPSA) is 128 Å². The van der Waals surface area contributed by atoms with Crippen LogP contribution in [0.1, 0.15) is 25.7 Å². The molecule has 0 spiro atoms. The zero-order valence-corrected chi connectivity index (χ0v) is 11.5. The molecule has 0 aromatic heterocycles. The van der Waals surface area contributed by atoms with Gasteiger partial charge < -0.3 is 31.7 Å². The summed E-state index contributed by atoms with van der Waals surface area (Å²) in [5, 5.41) is 34.3. The Morgan fingerprint density at radius 2 is 1.75 bits per heavy atom. The van der Waals surface area contributed by atoms with Gasteiger partial charge in [0.25, 0.3) is 0 Å². The van der Waals surface area contributed by atoms with Crippen LogP contribution in [0.25, 0.3) is 0 Å².